The fourth-order valence-corrected chi connectivity index (χ4v) is 2.34. The van der Waals surface area contributed by atoms with Gasteiger partial charge in [-0.2, -0.15) is 0 Å². The highest BCUT2D eigenvalue weighted by Crippen LogP contribution is 2.35. The van der Waals surface area contributed by atoms with Gasteiger partial charge in [0.25, 0.3) is 4.45 Å². The molecule has 1 saturated heterocycles. The topological polar surface area (TPSA) is 17.1 Å². The molecule has 1 fully saturated rings. The van der Waals surface area contributed by atoms with Crippen LogP contribution in [0, 0.1) is 0 Å². The molecule has 1 aliphatic heterocycles. The smallest absolute Gasteiger partial charge is 0.250 e. The van der Waals surface area contributed by atoms with Crippen LogP contribution in [-0.2, 0) is 0 Å². The van der Waals surface area contributed by atoms with Gasteiger partial charge in [-0.3, -0.25) is 4.79 Å². The van der Waals surface area contributed by atoms with Gasteiger partial charge in [0.15, 0.2) is 0 Å². The number of hydrogen-bond donors (Lipinski definition) is 0. The lowest BCUT2D eigenvalue weighted by Crippen LogP contribution is -1.66. The van der Waals surface area contributed by atoms with Gasteiger partial charge in [0.05, 0.1) is 0 Å². The number of allylic oxidation sites excluding steroid dienone is 1. The summed E-state index contributed by atoms with van der Waals surface area (Å²) in [6.07, 6.45) is 1.99. The highest BCUT2D eigenvalue weighted by Gasteiger charge is 2.15. The average molecular weight is 146 g/mol. The molecule has 1 heterocycles. The third-order valence-corrected chi connectivity index (χ3v) is 3.15. The van der Waals surface area contributed by atoms with Crippen molar-refractivity contribution in [1.82, 2.24) is 0 Å². The Balaban J connectivity index is 2.56. The summed E-state index contributed by atoms with van der Waals surface area (Å²) in [7, 11) is 0. The minimum Gasteiger partial charge on any atom is -0.274 e. The van der Waals surface area contributed by atoms with Crippen molar-refractivity contribution >= 4 is 28.0 Å². The van der Waals surface area contributed by atoms with Crippen LogP contribution in [0.4, 0.5) is 4.79 Å². The average Bonchev–Trinajstić information content (AvgIpc) is 2.14. The van der Waals surface area contributed by atoms with E-state index in [0.29, 0.717) is 0 Å². The van der Waals surface area contributed by atoms with Crippen LogP contribution in [-0.4, -0.2) is 10.2 Å². The van der Waals surface area contributed by atoms with Crippen molar-refractivity contribution in [2.24, 2.45) is 0 Å². The fourth-order valence-electron chi connectivity index (χ4n) is 0.438. The van der Waals surface area contributed by atoms with Gasteiger partial charge >= 0.3 is 0 Å². The summed E-state index contributed by atoms with van der Waals surface area (Å²) >= 11 is 2.74. The van der Waals surface area contributed by atoms with Gasteiger partial charge in [-0.15, -0.1) is 0 Å². The van der Waals surface area contributed by atoms with Crippen LogP contribution in [0.3, 0.4) is 0 Å². The van der Waals surface area contributed by atoms with E-state index in [1.165, 1.54) is 28.4 Å². The second kappa shape index (κ2) is 2.60. The Hall–Kier alpha value is 0.110. The molecule has 0 spiro atoms. The van der Waals surface area contributed by atoms with E-state index in [2.05, 4.69) is 0 Å². The van der Waals surface area contributed by atoms with E-state index in [4.69, 9.17) is 0 Å². The molecular formula is C5H6OS2. The summed E-state index contributed by atoms with van der Waals surface area (Å²) in [5, 5.41) is 0. The van der Waals surface area contributed by atoms with E-state index in [0.717, 1.165) is 5.75 Å². The summed E-state index contributed by atoms with van der Waals surface area (Å²) in [4.78, 5) is 11.7. The Morgan fingerprint density at radius 2 is 2.50 bits per heavy atom. The van der Waals surface area contributed by atoms with E-state index in [1.54, 1.807) is 0 Å². The molecule has 1 aliphatic rings. The Kier molecular flexibility index (Phi) is 2.02. The Morgan fingerprint density at radius 3 is 2.75 bits per heavy atom. The maximum atomic E-state index is 10.5. The van der Waals surface area contributed by atoms with Gasteiger partial charge in [-0.1, -0.05) is 17.8 Å². The quantitative estimate of drug-likeness (QED) is 0.522. The molecule has 3 heteroatoms. The molecule has 0 bridgehead atoms. The number of hydrogen-bond acceptors (Lipinski definition) is 3. The maximum absolute atomic E-state index is 10.5. The first-order chi connectivity index (χ1) is 3.83. The molecule has 0 atom stereocenters. The monoisotopic (exact) mass is 146 g/mol. The molecule has 0 radical (unpaired) electrons. The highest BCUT2D eigenvalue weighted by atomic mass is 32.2. The van der Waals surface area contributed by atoms with Gasteiger partial charge in [0, 0.05) is 5.75 Å². The zero-order valence-corrected chi connectivity index (χ0v) is 6.14. The molecule has 0 saturated carbocycles. The highest BCUT2D eigenvalue weighted by molar-refractivity contribution is 8.43. The van der Waals surface area contributed by atoms with E-state index in [-0.39, 0.29) is 4.45 Å². The first kappa shape index (κ1) is 6.23. The third kappa shape index (κ3) is 1.29. The van der Waals surface area contributed by atoms with Crippen LogP contribution in [0.5, 0.6) is 0 Å². The van der Waals surface area contributed by atoms with Crippen molar-refractivity contribution in [3.63, 3.8) is 0 Å². The van der Waals surface area contributed by atoms with Crippen molar-refractivity contribution in [1.29, 1.82) is 0 Å². The van der Waals surface area contributed by atoms with Gasteiger partial charge in [0.2, 0.25) is 0 Å². The summed E-state index contributed by atoms with van der Waals surface area (Å²) in [6, 6.07) is 0. The van der Waals surface area contributed by atoms with E-state index < -0.39 is 0 Å². The summed E-state index contributed by atoms with van der Waals surface area (Å²) in [6.45, 7) is 1.96. The van der Waals surface area contributed by atoms with E-state index >= 15 is 0 Å². The Bertz CT molecular complexity index is 139. The number of thioether (sulfide) groups is 2. The molecule has 0 unspecified atom stereocenters. The number of rotatable bonds is 0. The zero-order valence-electron chi connectivity index (χ0n) is 4.51. The molecule has 1 rings (SSSR count). The number of carbonyl (C=O) groups excluding carboxylic acids is 1. The molecule has 0 amide bonds. The predicted molar refractivity (Wildman–Crippen MR) is 39.2 cm³/mol. The molecule has 0 N–H and O–H groups in total. The van der Waals surface area contributed by atoms with Gasteiger partial charge in [-0.25, -0.2) is 0 Å². The SMILES string of the molecule is C/C=C1/CSC(=O)S1. The zero-order chi connectivity index (χ0) is 5.98. The van der Waals surface area contributed by atoms with Crippen molar-refractivity contribution in [2.75, 3.05) is 5.75 Å². The van der Waals surface area contributed by atoms with Crippen LogP contribution in [0.25, 0.3) is 0 Å². The predicted octanol–water partition coefficient (Wildman–Crippen LogP) is 2.49. The van der Waals surface area contributed by atoms with Crippen molar-refractivity contribution < 1.29 is 4.79 Å². The molecule has 0 aromatic carbocycles. The van der Waals surface area contributed by atoms with Crippen LogP contribution in [0.15, 0.2) is 11.0 Å². The Morgan fingerprint density at radius 1 is 1.75 bits per heavy atom. The lowest BCUT2D eigenvalue weighted by Gasteiger charge is -1.81. The van der Waals surface area contributed by atoms with Crippen molar-refractivity contribution in [3.05, 3.63) is 11.0 Å². The molecular weight excluding hydrogens is 140 g/mol. The molecule has 0 aromatic heterocycles. The minimum atomic E-state index is 0.234. The van der Waals surface area contributed by atoms with E-state index in [1.807, 2.05) is 13.0 Å². The largest absolute Gasteiger partial charge is 0.274 e. The van der Waals surface area contributed by atoms with Gasteiger partial charge in [-0.05, 0) is 23.6 Å². The molecule has 1 nitrogen and oxygen atoms in total. The van der Waals surface area contributed by atoms with Gasteiger partial charge in [0.1, 0.15) is 0 Å². The third-order valence-electron chi connectivity index (χ3n) is 0.869. The fraction of sp³-hybridized carbons (Fsp3) is 0.400. The van der Waals surface area contributed by atoms with Gasteiger partial charge < -0.3 is 0 Å². The normalized spacial score (nSPS) is 25.1. The molecule has 0 aliphatic carbocycles. The minimum absolute atomic E-state index is 0.234. The molecule has 0 aromatic rings. The first-order valence-electron chi connectivity index (χ1n) is 2.32. The molecule has 44 valence electrons. The maximum Gasteiger partial charge on any atom is 0.250 e. The van der Waals surface area contributed by atoms with Crippen LogP contribution < -0.4 is 0 Å². The lowest BCUT2D eigenvalue weighted by atomic mass is 10.6. The second-order valence-corrected chi connectivity index (χ2v) is 3.70. The molecule has 8 heavy (non-hydrogen) atoms. The summed E-state index contributed by atoms with van der Waals surface area (Å²) in [5.41, 5.74) is 0. The first-order valence-corrected chi connectivity index (χ1v) is 4.13. The van der Waals surface area contributed by atoms with E-state index in [9.17, 15) is 4.79 Å². The standard InChI is InChI=1S/C5H6OS2/c1-2-4-3-7-5(6)8-4/h2H,3H2,1H3/b4-2-. The lowest BCUT2D eigenvalue weighted by molar-refractivity contribution is 0.277. The number of carbonyl (C=O) groups is 1. The summed E-state index contributed by atoms with van der Waals surface area (Å²) in [5.74, 6) is 0.889. The van der Waals surface area contributed by atoms with Crippen molar-refractivity contribution in [2.45, 2.75) is 6.92 Å². The van der Waals surface area contributed by atoms with Crippen LogP contribution in [0.1, 0.15) is 6.92 Å². The summed E-state index contributed by atoms with van der Waals surface area (Å²) < 4.78 is 0.234. The second-order valence-electron chi connectivity index (χ2n) is 1.40. The van der Waals surface area contributed by atoms with Crippen molar-refractivity contribution in [3.8, 4) is 0 Å². The Labute approximate surface area is 56.9 Å². The van der Waals surface area contributed by atoms with Crippen LogP contribution in [0.2, 0.25) is 0 Å². The van der Waals surface area contributed by atoms with Crippen LogP contribution >= 0.6 is 23.5 Å².